The minimum Gasteiger partial charge on any atom is -0.304 e. The van der Waals surface area contributed by atoms with Crippen molar-refractivity contribution in [1.29, 1.82) is 0 Å². The molecule has 0 aliphatic carbocycles. The van der Waals surface area contributed by atoms with Crippen LogP contribution < -0.4 is 14.6 Å². The standard InChI is InChI=1S/C44H33N2P/c1-5-15-34(16-6-1)38-23-13-25-42(30-38)45-27-28-46(43-26-14-24-39(31-43)35-17-7-2-8-18-35)47(45)44-32-40(36-19-9-3-10-20-36)29-41(33-44)37-21-11-4-12-22-37/h1-33H. The second kappa shape index (κ2) is 13.0. The smallest absolute Gasteiger partial charge is 0.137 e. The second-order valence-electron chi connectivity index (χ2n) is 11.6. The van der Waals surface area contributed by atoms with E-state index in [0.717, 1.165) is 0 Å². The molecule has 0 amide bonds. The third kappa shape index (κ3) is 6.00. The van der Waals surface area contributed by atoms with E-state index in [4.69, 9.17) is 0 Å². The van der Waals surface area contributed by atoms with Crippen molar-refractivity contribution < 1.29 is 0 Å². The molecule has 224 valence electrons. The van der Waals surface area contributed by atoms with Crippen LogP contribution in [0.1, 0.15) is 0 Å². The lowest BCUT2D eigenvalue weighted by Gasteiger charge is -2.33. The van der Waals surface area contributed by atoms with E-state index in [1.54, 1.807) is 0 Å². The zero-order valence-electron chi connectivity index (χ0n) is 25.9. The van der Waals surface area contributed by atoms with E-state index in [1.807, 2.05) is 0 Å². The Hall–Kier alpha value is -5.69. The first-order valence-electron chi connectivity index (χ1n) is 15.9. The molecular weight excluding hydrogens is 587 g/mol. The van der Waals surface area contributed by atoms with Crippen molar-refractivity contribution in [2.45, 2.75) is 0 Å². The lowest BCUT2D eigenvalue weighted by Crippen LogP contribution is -2.23. The Labute approximate surface area is 278 Å². The van der Waals surface area contributed by atoms with Crippen LogP contribution in [0, 0.1) is 0 Å². The molecule has 3 heteroatoms. The topological polar surface area (TPSA) is 6.48 Å². The van der Waals surface area contributed by atoms with Gasteiger partial charge in [0.2, 0.25) is 0 Å². The summed E-state index contributed by atoms with van der Waals surface area (Å²) in [6, 6.07) is 67.7. The van der Waals surface area contributed by atoms with Gasteiger partial charge in [-0.3, -0.25) is 0 Å². The van der Waals surface area contributed by atoms with Crippen molar-refractivity contribution in [2.75, 3.05) is 9.34 Å². The summed E-state index contributed by atoms with van der Waals surface area (Å²) < 4.78 is 4.94. The van der Waals surface area contributed by atoms with E-state index in [2.05, 4.69) is 210 Å². The van der Waals surface area contributed by atoms with Crippen LogP contribution in [-0.2, 0) is 0 Å². The summed E-state index contributed by atoms with van der Waals surface area (Å²) in [6.45, 7) is 0. The fraction of sp³-hybridized carbons (Fsp3) is 0. The van der Waals surface area contributed by atoms with Crippen LogP contribution in [-0.4, -0.2) is 0 Å². The highest BCUT2D eigenvalue weighted by Crippen LogP contribution is 2.54. The Morgan fingerprint density at radius 3 is 1.00 bits per heavy atom. The van der Waals surface area contributed by atoms with Gasteiger partial charge >= 0.3 is 0 Å². The lowest BCUT2D eigenvalue weighted by atomic mass is 9.99. The summed E-state index contributed by atoms with van der Waals surface area (Å²) >= 11 is 0. The summed E-state index contributed by atoms with van der Waals surface area (Å²) in [7, 11) is -1.04. The van der Waals surface area contributed by atoms with Crippen molar-refractivity contribution in [1.82, 2.24) is 0 Å². The fourth-order valence-electron chi connectivity index (χ4n) is 6.23. The predicted octanol–water partition coefficient (Wildman–Crippen LogP) is 11.8. The minimum atomic E-state index is -1.04. The van der Waals surface area contributed by atoms with E-state index < -0.39 is 8.22 Å². The predicted molar refractivity (Wildman–Crippen MR) is 202 cm³/mol. The van der Waals surface area contributed by atoms with Gasteiger partial charge in [-0.1, -0.05) is 146 Å². The molecule has 0 unspecified atom stereocenters. The summed E-state index contributed by atoms with van der Waals surface area (Å²) in [6.07, 6.45) is 4.50. The van der Waals surface area contributed by atoms with Crippen molar-refractivity contribution >= 4 is 24.9 Å². The van der Waals surface area contributed by atoms with Gasteiger partial charge in [0.1, 0.15) is 8.22 Å². The van der Waals surface area contributed by atoms with Gasteiger partial charge in [0.25, 0.3) is 0 Å². The fourth-order valence-corrected chi connectivity index (χ4v) is 8.51. The van der Waals surface area contributed by atoms with Crippen LogP contribution in [0.5, 0.6) is 0 Å². The first-order chi connectivity index (χ1) is 23.3. The number of hydrogen-bond donors (Lipinski definition) is 0. The van der Waals surface area contributed by atoms with Crippen molar-refractivity contribution in [2.24, 2.45) is 0 Å². The maximum Gasteiger partial charge on any atom is 0.137 e. The molecule has 7 aromatic carbocycles. The van der Waals surface area contributed by atoms with E-state index in [0.29, 0.717) is 0 Å². The third-order valence-corrected chi connectivity index (χ3v) is 10.8. The molecule has 1 aliphatic heterocycles. The minimum absolute atomic E-state index is 1.04. The van der Waals surface area contributed by atoms with Crippen LogP contribution in [0.25, 0.3) is 44.5 Å². The highest BCUT2D eigenvalue weighted by atomic mass is 31.1. The molecule has 0 fully saturated rings. The molecule has 0 spiro atoms. The number of nitrogens with zero attached hydrogens (tertiary/aromatic N) is 2. The molecule has 1 aliphatic rings. The summed E-state index contributed by atoms with van der Waals surface area (Å²) in [5.74, 6) is 0. The van der Waals surface area contributed by atoms with Crippen LogP contribution in [0.2, 0.25) is 0 Å². The Kier molecular flexibility index (Phi) is 7.93. The van der Waals surface area contributed by atoms with Gasteiger partial charge in [0.05, 0.1) is 0 Å². The van der Waals surface area contributed by atoms with E-state index >= 15 is 0 Å². The average Bonchev–Trinajstić information content (AvgIpc) is 3.62. The molecule has 0 radical (unpaired) electrons. The maximum absolute atomic E-state index is 2.47. The summed E-state index contributed by atoms with van der Waals surface area (Å²) in [5.41, 5.74) is 12.0. The normalized spacial score (nSPS) is 12.9. The van der Waals surface area contributed by atoms with E-state index in [1.165, 1.54) is 61.2 Å². The molecule has 0 saturated heterocycles. The largest absolute Gasteiger partial charge is 0.304 e. The molecule has 8 rings (SSSR count). The molecule has 0 saturated carbocycles. The number of rotatable bonds is 7. The average molecular weight is 621 g/mol. The van der Waals surface area contributed by atoms with Gasteiger partial charge in [-0.2, -0.15) is 0 Å². The Morgan fingerprint density at radius 1 is 0.277 bits per heavy atom. The molecule has 0 atom stereocenters. The van der Waals surface area contributed by atoms with Gasteiger partial charge < -0.3 is 9.34 Å². The molecule has 47 heavy (non-hydrogen) atoms. The molecule has 7 aromatic rings. The van der Waals surface area contributed by atoms with Gasteiger partial charge in [-0.15, -0.1) is 0 Å². The van der Waals surface area contributed by atoms with Gasteiger partial charge in [0, 0.05) is 29.1 Å². The van der Waals surface area contributed by atoms with Gasteiger partial charge in [-0.25, -0.2) is 0 Å². The zero-order chi connectivity index (χ0) is 31.4. The number of benzene rings is 7. The monoisotopic (exact) mass is 620 g/mol. The van der Waals surface area contributed by atoms with Crippen LogP contribution in [0.4, 0.5) is 11.4 Å². The van der Waals surface area contributed by atoms with Gasteiger partial charge in [-0.05, 0) is 87.0 Å². The lowest BCUT2D eigenvalue weighted by molar-refractivity contribution is 1.44. The summed E-state index contributed by atoms with van der Waals surface area (Å²) in [5, 5.41) is 1.28. The maximum atomic E-state index is 2.47. The first-order valence-corrected chi connectivity index (χ1v) is 17.2. The van der Waals surface area contributed by atoms with E-state index in [-0.39, 0.29) is 0 Å². The highest BCUT2D eigenvalue weighted by Gasteiger charge is 2.32. The molecule has 0 bridgehead atoms. The molecule has 2 nitrogen and oxygen atoms in total. The van der Waals surface area contributed by atoms with Crippen molar-refractivity contribution in [3.8, 4) is 44.5 Å². The molecular formula is C44H33N2P. The van der Waals surface area contributed by atoms with Crippen LogP contribution >= 0.6 is 8.22 Å². The Morgan fingerprint density at radius 2 is 0.617 bits per heavy atom. The Balaban J connectivity index is 1.30. The first kappa shape index (κ1) is 28.8. The van der Waals surface area contributed by atoms with Crippen LogP contribution in [0.3, 0.4) is 0 Å². The highest BCUT2D eigenvalue weighted by molar-refractivity contribution is 7.69. The van der Waals surface area contributed by atoms with Gasteiger partial charge in [0.15, 0.2) is 0 Å². The SMILES string of the molecule is C1=CN(c2cccc(-c3ccccc3)c2)P(c2cc(-c3ccccc3)cc(-c3ccccc3)c2)N1c1cccc(-c2ccccc2)c1. The van der Waals surface area contributed by atoms with E-state index in [9.17, 15) is 0 Å². The zero-order valence-corrected chi connectivity index (χ0v) is 26.8. The van der Waals surface area contributed by atoms with Crippen LogP contribution in [0.15, 0.2) is 200 Å². The van der Waals surface area contributed by atoms with Crippen molar-refractivity contribution in [3.63, 3.8) is 0 Å². The quantitative estimate of drug-likeness (QED) is 0.164. The molecule has 1 heterocycles. The van der Waals surface area contributed by atoms with Crippen molar-refractivity contribution in [3.05, 3.63) is 200 Å². The number of hydrogen-bond acceptors (Lipinski definition) is 2. The summed E-state index contributed by atoms with van der Waals surface area (Å²) in [4.78, 5) is 0. The molecule has 0 aromatic heterocycles. The number of anilines is 2. The third-order valence-electron chi connectivity index (χ3n) is 8.56. The second-order valence-corrected chi connectivity index (χ2v) is 13.6. The molecule has 0 N–H and O–H groups in total. The Bertz CT molecular complexity index is 1990.